The predicted octanol–water partition coefficient (Wildman–Crippen LogP) is 1.80. The Labute approximate surface area is 79.8 Å². The summed E-state index contributed by atoms with van der Waals surface area (Å²) >= 11 is 0. The van der Waals surface area contributed by atoms with Gasteiger partial charge in [-0.3, -0.25) is 0 Å². The molecule has 3 nitrogen and oxygen atoms in total. The van der Waals surface area contributed by atoms with E-state index in [2.05, 4.69) is 12.2 Å². The Morgan fingerprint density at radius 1 is 1.46 bits per heavy atom. The van der Waals surface area contributed by atoms with E-state index in [1.54, 1.807) is 13.0 Å². The van der Waals surface area contributed by atoms with Crippen LogP contribution in [0.15, 0.2) is 11.6 Å². The highest BCUT2D eigenvalue weighted by molar-refractivity contribution is 5.85. The molecule has 0 aromatic carbocycles. The van der Waals surface area contributed by atoms with Gasteiger partial charge >= 0.3 is 5.97 Å². The first-order valence-electron chi connectivity index (χ1n) is 4.79. The lowest BCUT2D eigenvalue weighted by atomic mass is 10.2. The molecule has 0 aliphatic heterocycles. The molecule has 0 saturated heterocycles. The quantitative estimate of drug-likeness (QED) is 0.469. The molecular weight excluding hydrogens is 166 g/mol. The second-order valence-electron chi connectivity index (χ2n) is 3.10. The van der Waals surface area contributed by atoms with Crippen LogP contribution in [0.2, 0.25) is 0 Å². The molecule has 0 bridgehead atoms. The van der Waals surface area contributed by atoms with Gasteiger partial charge in [0, 0.05) is 12.1 Å². The number of unbranched alkanes of at least 4 members (excludes halogenated alkanes) is 2. The van der Waals surface area contributed by atoms with E-state index < -0.39 is 5.97 Å². The average Bonchev–Trinajstić information content (AvgIpc) is 2.10. The van der Waals surface area contributed by atoms with Gasteiger partial charge in [-0.15, -0.1) is 0 Å². The van der Waals surface area contributed by atoms with Crippen molar-refractivity contribution >= 4 is 5.97 Å². The summed E-state index contributed by atoms with van der Waals surface area (Å²) < 4.78 is 0. The van der Waals surface area contributed by atoms with E-state index in [0.29, 0.717) is 12.1 Å². The number of rotatable bonds is 7. The summed E-state index contributed by atoms with van der Waals surface area (Å²) in [6.07, 6.45) is 5.31. The summed E-state index contributed by atoms with van der Waals surface area (Å²) in [5.41, 5.74) is 0.406. The number of carbonyl (C=O) groups is 1. The Hall–Kier alpha value is -0.830. The smallest absolute Gasteiger partial charge is 0.330 e. The van der Waals surface area contributed by atoms with Crippen molar-refractivity contribution in [1.29, 1.82) is 0 Å². The third kappa shape index (κ3) is 7.53. The highest BCUT2D eigenvalue weighted by Crippen LogP contribution is 1.92. The fraction of sp³-hybridized carbons (Fsp3) is 0.700. The van der Waals surface area contributed by atoms with Gasteiger partial charge in [0.1, 0.15) is 0 Å². The number of hydrogen-bond acceptors (Lipinski definition) is 2. The summed E-state index contributed by atoms with van der Waals surface area (Å²) in [6.45, 7) is 5.39. The van der Waals surface area contributed by atoms with Gasteiger partial charge in [0.15, 0.2) is 0 Å². The lowest BCUT2D eigenvalue weighted by Gasteiger charge is -2.00. The van der Waals surface area contributed by atoms with Crippen molar-refractivity contribution in [1.82, 2.24) is 5.32 Å². The average molecular weight is 185 g/mol. The molecule has 2 N–H and O–H groups in total. The maximum Gasteiger partial charge on any atom is 0.330 e. The number of carboxylic acids is 1. The first-order valence-corrected chi connectivity index (χ1v) is 4.79. The van der Waals surface area contributed by atoms with Crippen molar-refractivity contribution in [2.24, 2.45) is 0 Å². The zero-order valence-corrected chi connectivity index (χ0v) is 8.47. The summed E-state index contributed by atoms with van der Waals surface area (Å²) in [5, 5.41) is 11.7. The maximum absolute atomic E-state index is 10.4. The Balaban J connectivity index is 3.34. The topological polar surface area (TPSA) is 49.3 Å². The van der Waals surface area contributed by atoms with Gasteiger partial charge < -0.3 is 10.4 Å². The van der Waals surface area contributed by atoms with Gasteiger partial charge in [0.25, 0.3) is 0 Å². The molecule has 0 spiro atoms. The monoisotopic (exact) mass is 185 g/mol. The predicted molar refractivity (Wildman–Crippen MR) is 53.8 cm³/mol. The lowest BCUT2D eigenvalue weighted by Crippen LogP contribution is -2.15. The van der Waals surface area contributed by atoms with Crippen LogP contribution >= 0.6 is 0 Å². The van der Waals surface area contributed by atoms with Crippen LogP contribution in [-0.4, -0.2) is 24.2 Å². The van der Waals surface area contributed by atoms with Crippen molar-refractivity contribution in [3.8, 4) is 0 Å². The van der Waals surface area contributed by atoms with Crippen molar-refractivity contribution in [2.45, 2.75) is 33.1 Å². The highest BCUT2D eigenvalue weighted by atomic mass is 16.4. The summed E-state index contributed by atoms with van der Waals surface area (Å²) in [4.78, 5) is 10.4. The minimum absolute atomic E-state index is 0.406. The van der Waals surface area contributed by atoms with Crippen molar-refractivity contribution in [3.63, 3.8) is 0 Å². The molecule has 0 aromatic rings. The normalized spacial score (nSPS) is 11.7. The van der Waals surface area contributed by atoms with E-state index in [1.165, 1.54) is 12.8 Å². The standard InChI is InChI=1S/C10H19NO2/c1-3-4-5-7-11-8-6-9(2)10(12)13/h6,11H,3-5,7-8H2,1-2H3,(H,12,13)/b9-6-. The Bertz CT molecular complexity index is 176. The van der Waals surface area contributed by atoms with Gasteiger partial charge in [0.2, 0.25) is 0 Å². The van der Waals surface area contributed by atoms with Crippen molar-refractivity contribution in [3.05, 3.63) is 11.6 Å². The molecule has 0 aliphatic carbocycles. The minimum atomic E-state index is -0.838. The second-order valence-corrected chi connectivity index (χ2v) is 3.10. The van der Waals surface area contributed by atoms with Gasteiger partial charge in [-0.05, 0) is 19.9 Å². The van der Waals surface area contributed by atoms with Crippen LogP contribution in [-0.2, 0) is 4.79 Å². The number of aliphatic carboxylic acids is 1. The van der Waals surface area contributed by atoms with Crippen LogP contribution in [0.4, 0.5) is 0 Å². The van der Waals surface area contributed by atoms with E-state index in [9.17, 15) is 4.79 Å². The van der Waals surface area contributed by atoms with Crippen molar-refractivity contribution in [2.75, 3.05) is 13.1 Å². The van der Waals surface area contributed by atoms with Gasteiger partial charge in [-0.2, -0.15) is 0 Å². The number of hydrogen-bond donors (Lipinski definition) is 2. The molecule has 0 amide bonds. The molecule has 0 atom stereocenters. The summed E-state index contributed by atoms with van der Waals surface area (Å²) in [7, 11) is 0. The first-order chi connectivity index (χ1) is 6.18. The van der Waals surface area contributed by atoms with E-state index in [0.717, 1.165) is 13.0 Å². The van der Waals surface area contributed by atoms with Crippen LogP contribution in [0.3, 0.4) is 0 Å². The summed E-state index contributed by atoms with van der Waals surface area (Å²) in [6, 6.07) is 0. The molecule has 76 valence electrons. The number of nitrogens with one attached hydrogen (secondary N) is 1. The molecule has 0 fully saturated rings. The van der Waals surface area contributed by atoms with E-state index >= 15 is 0 Å². The maximum atomic E-state index is 10.4. The van der Waals surface area contributed by atoms with Gasteiger partial charge in [-0.25, -0.2) is 4.79 Å². The molecule has 0 aromatic heterocycles. The van der Waals surface area contributed by atoms with E-state index in [-0.39, 0.29) is 0 Å². The van der Waals surface area contributed by atoms with Crippen LogP contribution in [0.1, 0.15) is 33.1 Å². The second kappa shape index (κ2) is 7.80. The van der Waals surface area contributed by atoms with Gasteiger partial charge in [-0.1, -0.05) is 25.8 Å². The third-order valence-electron chi connectivity index (χ3n) is 1.85. The molecule has 0 rings (SSSR count). The Kier molecular flexibility index (Phi) is 7.30. The van der Waals surface area contributed by atoms with Crippen LogP contribution < -0.4 is 5.32 Å². The summed E-state index contributed by atoms with van der Waals surface area (Å²) in [5.74, 6) is -0.838. The van der Waals surface area contributed by atoms with E-state index in [4.69, 9.17) is 5.11 Å². The molecule has 0 saturated carbocycles. The minimum Gasteiger partial charge on any atom is -0.478 e. The Morgan fingerprint density at radius 3 is 2.69 bits per heavy atom. The van der Waals surface area contributed by atoms with Crippen LogP contribution in [0.5, 0.6) is 0 Å². The first kappa shape index (κ1) is 12.2. The molecule has 0 unspecified atom stereocenters. The lowest BCUT2D eigenvalue weighted by molar-refractivity contribution is -0.132. The highest BCUT2D eigenvalue weighted by Gasteiger charge is 1.96. The van der Waals surface area contributed by atoms with Crippen LogP contribution in [0.25, 0.3) is 0 Å². The zero-order chi connectivity index (χ0) is 10.1. The largest absolute Gasteiger partial charge is 0.478 e. The molecule has 0 heterocycles. The molecule has 0 aliphatic rings. The van der Waals surface area contributed by atoms with E-state index in [1.807, 2.05) is 0 Å². The van der Waals surface area contributed by atoms with Crippen LogP contribution in [0, 0.1) is 0 Å². The fourth-order valence-corrected chi connectivity index (χ4v) is 0.915. The molecule has 13 heavy (non-hydrogen) atoms. The Morgan fingerprint density at radius 2 is 2.15 bits per heavy atom. The number of carboxylic acid groups (broad SMARTS) is 1. The van der Waals surface area contributed by atoms with Gasteiger partial charge in [0.05, 0.1) is 0 Å². The molecule has 3 heteroatoms. The third-order valence-corrected chi connectivity index (χ3v) is 1.85. The SMILES string of the molecule is CCCCCNC/C=C(/C)C(=O)O. The van der Waals surface area contributed by atoms with Crippen molar-refractivity contribution < 1.29 is 9.90 Å². The zero-order valence-electron chi connectivity index (χ0n) is 8.47. The molecular formula is C10H19NO2. The molecule has 0 radical (unpaired) electrons. The fourth-order valence-electron chi connectivity index (χ4n) is 0.915.